The van der Waals surface area contributed by atoms with Crippen LogP contribution in [0, 0.1) is 0 Å². The molecule has 42 valence electrons. The molecule has 7 heavy (non-hydrogen) atoms. The number of aliphatic hydroxyl groups is 1. The molecule has 0 saturated carbocycles. The Balaban J connectivity index is 2.10. The van der Waals surface area contributed by atoms with E-state index in [1.54, 1.807) is 0 Å². The first-order valence-electron chi connectivity index (χ1n) is 2.64. The summed E-state index contributed by atoms with van der Waals surface area (Å²) in [5, 5.41) is 8.87. The highest BCUT2D eigenvalue weighted by atomic mass is 16.6. The van der Waals surface area contributed by atoms with Crippen LogP contribution in [0.5, 0.6) is 0 Å². The van der Waals surface area contributed by atoms with Crippen molar-refractivity contribution in [1.29, 1.82) is 0 Å². The Morgan fingerprint density at radius 1 is 2.00 bits per heavy atom. The first-order valence-corrected chi connectivity index (χ1v) is 2.64. The van der Waals surface area contributed by atoms with Gasteiger partial charge >= 0.3 is 0 Å². The lowest BCUT2D eigenvalue weighted by Crippen LogP contribution is -2.11. The third-order valence-electron chi connectivity index (χ3n) is 1.21. The highest BCUT2D eigenvalue weighted by Crippen LogP contribution is 2.15. The zero-order valence-corrected chi connectivity index (χ0v) is 4.42. The second-order valence-corrected chi connectivity index (χ2v) is 1.85. The van der Waals surface area contributed by atoms with E-state index in [4.69, 9.17) is 9.84 Å². The van der Waals surface area contributed by atoms with Crippen molar-refractivity contribution in [3.05, 3.63) is 0 Å². The van der Waals surface area contributed by atoms with Crippen molar-refractivity contribution in [2.75, 3.05) is 6.61 Å². The van der Waals surface area contributed by atoms with E-state index in [-0.39, 0.29) is 12.2 Å². The van der Waals surface area contributed by atoms with Gasteiger partial charge in [0.15, 0.2) is 0 Å². The molecule has 1 N–H and O–H groups in total. The monoisotopic (exact) mass is 102 g/mol. The first-order chi connectivity index (χ1) is 3.34. The van der Waals surface area contributed by atoms with Gasteiger partial charge in [-0.15, -0.1) is 0 Å². The van der Waals surface area contributed by atoms with Gasteiger partial charge in [-0.3, -0.25) is 0 Å². The molecule has 2 atom stereocenters. The standard InChI is InChI=1S/C5H10O2/c1-2-4(6)5-3-7-5/h4-6H,2-3H2,1H3/t4-,5+/m0/s1. The first kappa shape index (κ1) is 5.06. The lowest BCUT2D eigenvalue weighted by molar-refractivity contribution is 0.131. The summed E-state index contributed by atoms with van der Waals surface area (Å²) < 4.78 is 4.81. The molecule has 0 aromatic carbocycles. The van der Waals surface area contributed by atoms with E-state index in [1.165, 1.54) is 0 Å². The summed E-state index contributed by atoms with van der Waals surface area (Å²) in [6.07, 6.45) is 0.773. The fourth-order valence-corrected chi connectivity index (χ4v) is 0.541. The van der Waals surface area contributed by atoms with Crippen molar-refractivity contribution >= 4 is 0 Å². The minimum absolute atomic E-state index is 0.171. The van der Waals surface area contributed by atoms with Crippen molar-refractivity contribution < 1.29 is 9.84 Å². The summed E-state index contributed by atoms with van der Waals surface area (Å²) in [7, 11) is 0. The number of hydrogen-bond acceptors (Lipinski definition) is 2. The average molecular weight is 102 g/mol. The van der Waals surface area contributed by atoms with E-state index in [0.717, 1.165) is 13.0 Å². The average Bonchev–Trinajstić information content (AvgIpc) is 2.44. The third-order valence-corrected chi connectivity index (χ3v) is 1.21. The Labute approximate surface area is 43.1 Å². The Morgan fingerprint density at radius 2 is 2.57 bits per heavy atom. The van der Waals surface area contributed by atoms with Crippen LogP contribution in [0.4, 0.5) is 0 Å². The van der Waals surface area contributed by atoms with Gasteiger partial charge in [-0.1, -0.05) is 6.92 Å². The minimum Gasteiger partial charge on any atom is -0.390 e. The molecule has 0 aromatic rings. The number of aliphatic hydroxyl groups excluding tert-OH is 1. The van der Waals surface area contributed by atoms with Crippen LogP contribution >= 0.6 is 0 Å². The molecular formula is C5H10O2. The molecule has 0 bridgehead atoms. The van der Waals surface area contributed by atoms with Gasteiger partial charge in [-0.2, -0.15) is 0 Å². The molecule has 0 unspecified atom stereocenters. The molecular weight excluding hydrogens is 92.1 g/mol. The molecule has 0 aliphatic carbocycles. The normalized spacial score (nSPS) is 32.6. The molecule has 0 amide bonds. The molecule has 2 nitrogen and oxygen atoms in total. The summed E-state index contributed by atoms with van der Waals surface area (Å²) in [5.74, 6) is 0. The fraction of sp³-hybridized carbons (Fsp3) is 1.00. The highest BCUT2D eigenvalue weighted by Gasteiger charge is 2.29. The van der Waals surface area contributed by atoms with Crippen LogP contribution in [0.15, 0.2) is 0 Å². The van der Waals surface area contributed by atoms with E-state index in [9.17, 15) is 0 Å². The number of rotatable bonds is 2. The zero-order chi connectivity index (χ0) is 5.28. The lowest BCUT2D eigenvalue weighted by Gasteiger charge is -1.98. The van der Waals surface area contributed by atoms with E-state index in [2.05, 4.69) is 0 Å². The summed E-state index contributed by atoms with van der Waals surface area (Å²) in [5.41, 5.74) is 0. The van der Waals surface area contributed by atoms with Crippen LogP contribution in [-0.2, 0) is 4.74 Å². The summed E-state index contributed by atoms with van der Waals surface area (Å²) in [6, 6.07) is 0. The van der Waals surface area contributed by atoms with Crippen LogP contribution in [0.25, 0.3) is 0 Å². The minimum atomic E-state index is -0.208. The van der Waals surface area contributed by atoms with Crippen LogP contribution < -0.4 is 0 Å². The van der Waals surface area contributed by atoms with Gasteiger partial charge < -0.3 is 9.84 Å². The quantitative estimate of drug-likeness (QED) is 0.503. The molecule has 0 spiro atoms. The smallest absolute Gasteiger partial charge is 0.107 e. The SMILES string of the molecule is CC[C@H](O)[C@H]1CO1. The molecule has 1 fully saturated rings. The van der Waals surface area contributed by atoms with Crippen LogP contribution in [0.3, 0.4) is 0 Å². The van der Waals surface area contributed by atoms with Crippen LogP contribution in [0.2, 0.25) is 0 Å². The molecule has 1 aliphatic rings. The number of epoxide rings is 1. The van der Waals surface area contributed by atoms with Gasteiger partial charge in [0.05, 0.1) is 12.7 Å². The van der Waals surface area contributed by atoms with Crippen molar-refractivity contribution in [2.24, 2.45) is 0 Å². The lowest BCUT2D eigenvalue weighted by atomic mass is 10.2. The number of ether oxygens (including phenoxy) is 1. The van der Waals surface area contributed by atoms with Gasteiger partial charge in [-0.05, 0) is 6.42 Å². The highest BCUT2D eigenvalue weighted by molar-refractivity contribution is 4.76. The molecule has 1 saturated heterocycles. The van der Waals surface area contributed by atoms with Crippen LogP contribution in [0.1, 0.15) is 13.3 Å². The Hall–Kier alpha value is -0.0800. The van der Waals surface area contributed by atoms with E-state index < -0.39 is 0 Å². The maximum atomic E-state index is 8.87. The largest absolute Gasteiger partial charge is 0.390 e. The third kappa shape index (κ3) is 1.14. The Morgan fingerprint density at radius 3 is 2.71 bits per heavy atom. The van der Waals surface area contributed by atoms with Crippen molar-refractivity contribution in [3.63, 3.8) is 0 Å². The zero-order valence-electron chi connectivity index (χ0n) is 4.42. The molecule has 1 aliphatic heterocycles. The topological polar surface area (TPSA) is 32.8 Å². The molecule has 2 heteroatoms. The predicted molar refractivity (Wildman–Crippen MR) is 26.0 cm³/mol. The van der Waals surface area contributed by atoms with Crippen LogP contribution in [-0.4, -0.2) is 23.9 Å². The van der Waals surface area contributed by atoms with E-state index in [1.807, 2.05) is 6.92 Å². The second-order valence-electron chi connectivity index (χ2n) is 1.85. The predicted octanol–water partition coefficient (Wildman–Crippen LogP) is 0.156. The van der Waals surface area contributed by atoms with Gasteiger partial charge in [0.2, 0.25) is 0 Å². The van der Waals surface area contributed by atoms with Crippen molar-refractivity contribution in [3.8, 4) is 0 Å². The van der Waals surface area contributed by atoms with Gasteiger partial charge in [0, 0.05) is 0 Å². The second kappa shape index (κ2) is 1.80. The fourth-order valence-electron chi connectivity index (χ4n) is 0.541. The summed E-state index contributed by atoms with van der Waals surface area (Å²) in [6.45, 7) is 2.71. The van der Waals surface area contributed by atoms with E-state index in [0.29, 0.717) is 0 Å². The van der Waals surface area contributed by atoms with Crippen molar-refractivity contribution in [1.82, 2.24) is 0 Å². The molecule has 1 heterocycles. The van der Waals surface area contributed by atoms with E-state index >= 15 is 0 Å². The Kier molecular flexibility index (Phi) is 1.30. The maximum Gasteiger partial charge on any atom is 0.107 e. The summed E-state index contributed by atoms with van der Waals surface area (Å²) >= 11 is 0. The molecule has 1 rings (SSSR count). The van der Waals surface area contributed by atoms with Gasteiger partial charge in [0.1, 0.15) is 6.10 Å². The summed E-state index contributed by atoms with van der Waals surface area (Å²) in [4.78, 5) is 0. The Bertz CT molecular complexity index is 59.1. The molecule has 0 radical (unpaired) electrons. The van der Waals surface area contributed by atoms with Gasteiger partial charge in [-0.25, -0.2) is 0 Å². The maximum absolute atomic E-state index is 8.87. The van der Waals surface area contributed by atoms with Gasteiger partial charge in [0.25, 0.3) is 0 Å². The van der Waals surface area contributed by atoms with Crippen molar-refractivity contribution in [2.45, 2.75) is 25.6 Å². The number of hydrogen-bond donors (Lipinski definition) is 1. The molecule has 0 aromatic heterocycles.